The van der Waals surface area contributed by atoms with Gasteiger partial charge in [0.15, 0.2) is 0 Å². The Morgan fingerprint density at radius 2 is 1.74 bits per heavy atom. The molecular formula is C25H21N3O10S. The number of nitro groups is 1. The highest BCUT2D eigenvalue weighted by Crippen LogP contribution is 2.41. The van der Waals surface area contributed by atoms with Crippen LogP contribution in [-0.4, -0.2) is 68.4 Å². The Labute approximate surface area is 224 Å². The van der Waals surface area contributed by atoms with E-state index < -0.39 is 46.1 Å². The van der Waals surface area contributed by atoms with Crippen molar-refractivity contribution in [3.8, 4) is 0 Å². The largest absolute Gasteiger partial charge is 0.478 e. The first-order valence-electron chi connectivity index (χ1n) is 11.4. The standard InChI is InChI=1S/C25H21N3O10S/c1-13(29)37-11-15-12-39-23-19(26-21(30)17-4-2-3-5-18(17)24(32)33)22(31)27(23)20(15)25(34)38-10-14-6-8-16(9-7-14)28(35)36/h2-9,19,23H,10-12H2,1H3,(H,26,30)(H,32,33)/t19?,23-/m1/s1. The molecule has 0 aliphatic carbocycles. The zero-order chi connectivity index (χ0) is 28.3. The number of benzene rings is 2. The van der Waals surface area contributed by atoms with E-state index in [4.69, 9.17) is 9.47 Å². The molecule has 2 atom stereocenters. The van der Waals surface area contributed by atoms with Crippen LogP contribution in [0.4, 0.5) is 5.69 Å². The number of aromatic carboxylic acids is 1. The summed E-state index contributed by atoms with van der Waals surface area (Å²) in [4.78, 5) is 73.3. The van der Waals surface area contributed by atoms with Crippen LogP contribution in [0.25, 0.3) is 0 Å². The van der Waals surface area contributed by atoms with Gasteiger partial charge in [-0.05, 0) is 29.8 Å². The average Bonchev–Trinajstić information content (AvgIpc) is 2.92. The molecule has 14 heteroatoms. The molecule has 2 heterocycles. The summed E-state index contributed by atoms with van der Waals surface area (Å²) >= 11 is 1.23. The van der Waals surface area contributed by atoms with E-state index in [-0.39, 0.29) is 41.5 Å². The highest BCUT2D eigenvalue weighted by Gasteiger charge is 2.54. The van der Waals surface area contributed by atoms with Gasteiger partial charge < -0.3 is 19.9 Å². The topological polar surface area (TPSA) is 182 Å². The number of fused-ring (bicyclic) bond motifs is 1. The van der Waals surface area contributed by atoms with Gasteiger partial charge in [0, 0.05) is 30.4 Å². The molecule has 2 N–H and O–H groups in total. The molecular weight excluding hydrogens is 534 g/mol. The quantitative estimate of drug-likeness (QED) is 0.199. The smallest absolute Gasteiger partial charge is 0.355 e. The number of carbonyl (C=O) groups excluding carboxylic acids is 4. The SMILES string of the molecule is CC(=O)OCC1=C(C(=O)OCc2ccc([N+](=O)[O-])cc2)N2C(=O)C(NC(=O)c3ccccc3C(=O)O)[C@H]2SC1. The summed E-state index contributed by atoms with van der Waals surface area (Å²) in [6, 6.07) is 9.88. The van der Waals surface area contributed by atoms with Crippen molar-refractivity contribution in [3.63, 3.8) is 0 Å². The molecule has 2 amide bonds. The normalized spacial score (nSPS) is 18.0. The Bertz CT molecular complexity index is 1410. The number of β-lactam (4-membered cyclic amide) rings is 1. The number of ether oxygens (including phenoxy) is 2. The number of non-ortho nitro benzene ring substituents is 1. The maximum Gasteiger partial charge on any atom is 0.355 e. The summed E-state index contributed by atoms with van der Waals surface area (Å²) in [7, 11) is 0. The van der Waals surface area contributed by atoms with Gasteiger partial charge in [0.05, 0.1) is 16.1 Å². The zero-order valence-electron chi connectivity index (χ0n) is 20.3. The van der Waals surface area contributed by atoms with Crippen LogP contribution < -0.4 is 5.32 Å². The summed E-state index contributed by atoms with van der Waals surface area (Å²) in [6.45, 7) is 0.693. The second-order valence-electron chi connectivity index (χ2n) is 8.44. The third-order valence-corrected chi connectivity index (χ3v) is 7.24. The van der Waals surface area contributed by atoms with Crippen LogP contribution in [0, 0.1) is 10.1 Å². The van der Waals surface area contributed by atoms with Gasteiger partial charge in [-0.25, -0.2) is 9.59 Å². The van der Waals surface area contributed by atoms with E-state index in [2.05, 4.69) is 5.32 Å². The first-order chi connectivity index (χ1) is 18.6. The van der Waals surface area contributed by atoms with Gasteiger partial charge in [-0.15, -0.1) is 11.8 Å². The van der Waals surface area contributed by atoms with Crippen LogP contribution in [0.2, 0.25) is 0 Å². The number of nitrogens with one attached hydrogen (secondary N) is 1. The fourth-order valence-electron chi connectivity index (χ4n) is 3.99. The van der Waals surface area contributed by atoms with Crippen molar-refractivity contribution in [2.45, 2.75) is 24.9 Å². The van der Waals surface area contributed by atoms with Crippen molar-refractivity contribution in [2.24, 2.45) is 0 Å². The molecule has 0 bridgehead atoms. The molecule has 0 spiro atoms. The van der Waals surface area contributed by atoms with Gasteiger partial charge in [0.2, 0.25) is 0 Å². The predicted molar refractivity (Wildman–Crippen MR) is 134 cm³/mol. The van der Waals surface area contributed by atoms with E-state index in [0.29, 0.717) is 11.1 Å². The number of hydrogen-bond acceptors (Lipinski definition) is 10. The van der Waals surface area contributed by atoms with Gasteiger partial charge in [0.25, 0.3) is 17.5 Å². The fourth-order valence-corrected chi connectivity index (χ4v) is 5.32. The van der Waals surface area contributed by atoms with Gasteiger partial charge in [0.1, 0.15) is 30.3 Å². The summed E-state index contributed by atoms with van der Waals surface area (Å²) in [5.74, 6) is -3.98. The van der Waals surface area contributed by atoms with Crippen LogP contribution in [0.5, 0.6) is 0 Å². The predicted octanol–water partition coefficient (Wildman–Crippen LogP) is 1.87. The Morgan fingerprint density at radius 3 is 2.36 bits per heavy atom. The Kier molecular flexibility index (Phi) is 7.95. The Morgan fingerprint density at radius 1 is 1.08 bits per heavy atom. The monoisotopic (exact) mass is 555 g/mol. The minimum atomic E-state index is -1.30. The number of nitro benzene ring substituents is 1. The van der Waals surface area contributed by atoms with Crippen LogP contribution in [0.1, 0.15) is 33.2 Å². The summed E-state index contributed by atoms with van der Waals surface area (Å²) < 4.78 is 10.4. The molecule has 0 saturated carbocycles. The number of nitrogens with zero attached hydrogens (tertiary/aromatic N) is 2. The fraction of sp³-hybridized carbons (Fsp3) is 0.240. The van der Waals surface area contributed by atoms with Crippen molar-refractivity contribution in [3.05, 3.63) is 86.6 Å². The number of amides is 2. The number of esters is 2. The molecule has 202 valence electrons. The number of carboxylic acids is 1. The first-order valence-corrected chi connectivity index (χ1v) is 12.5. The molecule has 2 aliphatic rings. The van der Waals surface area contributed by atoms with Crippen LogP contribution in [0.15, 0.2) is 59.8 Å². The van der Waals surface area contributed by atoms with Crippen LogP contribution >= 0.6 is 11.8 Å². The summed E-state index contributed by atoms with van der Waals surface area (Å²) in [5.41, 5.74) is 0.196. The number of carboxylic acid groups (broad SMARTS) is 1. The zero-order valence-corrected chi connectivity index (χ0v) is 21.1. The summed E-state index contributed by atoms with van der Waals surface area (Å²) in [5, 5.41) is 22.1. The second-order valence-corrected chi connectivity index (χ2v) is 9.55. The lowest BCUT2D eigenvalue weighted by Crippen LogP contribution is -2.70. The first kappa shape index (κ1) is 27.3. The lowest BCUT2D eigenvalue weighted by Gasteiger charge is -2.49. The molecule has 13 nitrogen and oxygen atoms in total. The molecule has 1 unspecified atom stereocenters. The second kappa shape index (κ2) is 11.3. The highest BCUT2D eigenvalue weighted by atomic mass is 32.2. The van der Waals surface area contributed by atoms with E-state index in [0.717, 1.165) is 4.90 Å². The maximum atomic E-state index is 13.1. The van der Waals surface area contributed by atoms with Gasteiger partial charge in [-0.2, -0.15) is 0 Å². The number of carbonyl (C=O) groups is 5. The van der Waals surface area contributed by atoms with Crippen LogP contribution in [0.3, 0.4) is 0 Å². The van der Waals surface area contributed by atoms with Gasteiger partial charge >= 0.3 is 17.9 Å². The minimum Gasteiger partial charge on any atom is -0.478 e. The van der Waals surface area contributed by atoms with Crippen LogP contribution in [-0.2, 0) is 30.5 Å². The molecule has 0 radical (unpaired) electrons. The van der Waals surface area contributed by atoms with E-state index in [1.54, 1.807) is 0 Å². The molecule has 2 aliphatic heterocycles. The summed E-state index contributed by atoms with van der Waals surface area (Å²) in [6.07, 6.45) is 0. The highest BCUT2D eigenvalue weighted by molar-refractivity contribution is 8.00. The van der Waals surface area contributed by atoms with E-state index in [1.807, 2.05) is 0 Å². The average molecular weight is 556 g/mol. The molecule has 1 saturated heterocycles. The molecule has 39 heavy (non-hydrogen) atoms. The Balaban J connectivity index is 1.52. The lowest BCUT2D eigenvalue weighted by molar-refractivity contribution is -0.384. The van der Waals surface area contributed by atoms with Crippen molar-refractivity contribution >= 4 is 47.2 Å². The van der Waals surface area contributed by atoms with E-state index in [1.165, 1.54) is 67.2 Å². The minimum absolute atomic E-state index is 0.120. The van der Waals surface area contributed by atoms with Crippen molar-refractivity contribution in [1.29, 1.82) is 0 Å². The lowest BCUT2D eigenvalue weighted by atomic mass is 10.0. The molecule has 2 aromatic carbocycles. The molecule has 2 aromatic rings. The number of rotatable bonds is 9. The molecule has 4 rings (SSSR count). The maximum absolute atomic E-state index is 13.1. The Hall–Kier alpha value is -4.72. The van der Waals surface area contributed by atoms with Crippen molar-refractivity contribution in [1.82, 2.24) is 10.2 Å². The van der Waals surface area contributed by atoms with Gasteiger partial charge in [-0.1, -0.05) is 12.1 Å². The molecule has 1 fully saturated rings. The van der Waals surface area contributed by atoms with E-state index >= 15 is 0 Å². The third-order valence-electron chi connectivity index (χ3n) is 5.90. The number of hydrogen-bond donors (Lipinski definition) is 2. The van der Waals surface area contributed by atoms with Crippen molar-refractivity contribution < 1.29 is 43.5 Å². The number of thioether (sulfide) groups is 1. The third kappa shape index (κ3) is 5.75. The van der Waals surface area contributed by atoms with E-state index in [9.17, 15) is 39.2 Å². The molecule has 0 aromatic heterocycles. The van der Waals surface area contributed by atoms with Gasteiger partial charge in [-0.3, -0.25) is 29.4 Å². The van der Waals surface area contributed by atoms with Crippen molar-refractivity contribution in [2.75, 3.05) is 12.4 Å².